The van der Waals surface area contributed by atoms with E-state index in [4.69, 9.17) is 14.6 Å². The Kier molecular flexibility index (Phi) is 3.66. The zero-order valence-electron chi connectivity index (χ0n) is 11.0. The molecule has 0 bridgehead atoms. The number of carboxylic acids is 1. The minimum Gasteiger partial charge on any atom is -0.490 e. The molecule has 1 aliphatic rings. The van der Waals surface area contributed by atoms with Crippen molar-refractivity contribution in [2.75, 3.05) is 13.2 Å². The Morgan fingerprint density at radius 2 is 1.95 bits per heavy atom. The van der Waals surface area contributed by atoms with Gasteiger partial charge in [-0.25, -0.2) is 4.79 Å². The lowest BCUT2D eigenvalue weighted by Gasteiger charge is -2.26. The minimum atomic E-state index is -1.82. The van der Waals surface area contributed by atoms with Crippen LogP contribution in [0.1, 0.15) is 31.7 Å². The highest BCUT2D eigenvalue weighted by atomic mass is 16.5. The molecule has 2 N–H and O–H groups in total. The monoisotopic (exact) mass is 266 g/mol. The molecule has 0 saturated carbocycles. The van der Waals surface area contributed by atoms with E-state index < -0.39 is 17.5 Å². The molecule has 2 unspecified atom stereocenters. The number of aliphatic hydroxyl groups is 1. The van der Waals surface area contributed by atoms with Crippen molar-refractivity contribution in [3.63, 3.8) is 0 Å². The minimum absolute atomic E-state index is 0.554. The third-order valence-electron chi connectivity index (χ3n) is 3.55. The summed E-state index contributed by atoms with van der Waals surface area (Å²) in [5.74, 6) is -0.541. The molecular formula is C14H18O5. The fourth-order valence-electron chi connectivity index (χ4n) is 1.96. The van der Waals surface area contributed by atoms with Crippen LogP contribution < -0.4 is 9.47 Å². The molecular weight excluding hydrogens is 248 g/mol. The van der Waals surface area contributed by atoms with Crippen molar-refractivity contribution in [2.24, 2.45) is 0 Å². The predicted octanol–water partition coefficient (Wildman–Crippen LogP) is 1.79. The maximum Gasteiger partial charge on any atom is 0.336 e. The molecule has 104 valence electrons. The van der Waals surface area contributed by atoms with Crippen LogP contribution in [-0.4, -0.2) is 35.0 Å². The van der Waals surface area contributed by atoms with Crippen molar-refractivity contribution >= 4 is 5.97 Å². The second kappa shape index (κ2) is 5.09. The summed E-state index contributed by atoms with van der Waals surface area (Å²) in [7, 11) is 0. The van der Waals surface area contributed by atoms with Gasteiger partial charge in [0.25, 0.3) is 0 Å². The Morgan fingerprint density at radius 3 is 2.58 bits per heavy atom. The number of aliphatic carboxylic acids is 1. The zero-order chi connectivity index (χ0) is 14.0. The first-order chi connectivity index (χ1) is 8.93. The van der Waals surface area contributed by atoms with E-state index in [2.05, 4.69) is 0 Å². The summed E-state index contributed by atoms with van der Waals surface area (Å²) in [6.07, 6.45) is 0.812. The number of hydrogen-bond acceptors (Lipinski definition) is 4. The van der Waals surface area contributed by atoms with Gasteiger partial charge in [0.15, 0.2) is 17.1 Å². The van der Waals surface area contributed by atoms with Crippen LogP contribution in [0, 0.1) is 0 Å². The first-order valence-electron chi connectivity index (χ1n) is 6.28. The number of fused-ring (bicyclic) bond motifs is 1. The Labute approximate surface area is 111 Å². The van der Waals surface area contributed by atoms with E-state index in [1.807, 2.05) is 0 Å². The molecule has 0 spiro atoms. The van der Waals surface area contributed by atoms with Crippen LogP contribution in [-0.2, 0) is 4.79 Å². The van der Waals surface area contributed by atoms with Gasteiger partial charge >= 0.3 is 5.97 Å². The van der Waals surface area contributed by atoms with Crippen LogP contribution in [0.4, 0.5) is 0 Å². The average Bonchev–Trinajstić information content (AvgIpc) is 2.61. The van der Waals surface area contributed by atoms with Crippen molar-refractivity contribution in [1.82, 2.24) is 0 Å². The Morgan fingerprint density at radius 1 is 1.32 bits per heavy atom. The van der Waals surface area contributed by atoms with Gasteiger partial charge in [-0.3, -0.25) is 0 Å². The Hall–Kier alpha value is -1.75. The third-order valence-corrected chi connectivity index (χ3v) is 3.55. The lowest BCUT2D eigenvalue weighted by atomic mass is 9.85. The molecule has 0 aliphatic carbocycles. The van der Waals surface area contributed by atoms with Gasteiger partial charge in [0.2, 0.25) is 0 Å². The molecule has 1 aliphatic heterocycles. The smallest absolute Gasteiger partial charge is 0.336 e. The van der Waals surface area contributed by atoms with Crippen molar-refractivity contribution < 1.29 is 24.5 Å². The van der Waals surface area contributed by atoms with Gasteiger partial charge in [-0.2, -0.15) is 0 Å². The number of carboxylic acid groups (broad SMARTS) is 1. The van der Waals surface area contributed by atoms with Crippen LogP contribution in [0.15, 0.2) is 18.2 Å². The second-order valence-corrected chi connectivity index (χ2v) is 4.93. The van der Waals surface area contributed by atoms with Crippen LogP contribution in [0.25, 0.3) is 0 Å². The second-order valence-electron chi connectivity index (χ2n) is 4.93. The third kappa shape index (κ3) is 2.66. The molecule has 1 aromatic carbocycles. The zero-order valence-corrected chi connectivity index (χ0v) is 11.0. The largest absolute Gasteiger partial charge is 0.490 e. The Balaban J connectivity index is 2.31. The highest BCUT2D eigenvalue weighted by Gasteiger charge is 2.37. The highest BCUT2D eigenvalue weighted by Crippen LogP contribution is 2.36. The quantitative estimate of drug-likeness (QED) is 0.872. The SMILES string of the molecule is CC(c1ccc2c(c1)OCCCO2)C(C)(O)C(=O)O. The van der Waals surface area contributed by atoms with Gasteiger partial charge in [0, 0.05) is 12.3 Å². The maximum atomic E-state index is 11.1. The van der Waals surface area contributed by atoms with Gasteiger partial charge < -0.3 is 19.7 Å². The molecule has 0 amide bonds. The van der Waals surface area contributed by atoms with Crippen molar-refractivity contribution in [2.45, 2.75) is 31.8 Å². The van der Waals surface area contributed by atoms with Crippen LogP contribution >= 0.6 is 0 Å². The van der Waals surface area contributed by atoms with Gasteiger partial charge in [0.1, 0.15) is 0 Å². The van der Waals surface area contributed by atoms with Gasteiger partial charge in [-0.1, -0.05) is 13.0 Å². The summed E-state index contributed by atoms with van der Waals surface area (Å²) in [5.41, 5.74) is -1.11. The molecule has 1 aromatic rings. The summed E-state index contributed by atoms with van der Waals surface area (Å²) in [6.45, 7) is 4.14. The molecule has 1 heterocycles. The lowest BCUT2D eigenvalue weighted by molar-refractivity contribution is -0.158. The fourth-order valence-corrected chi connectivity index (χ4v) is 1.96. The normalized spacial score (nSPS) is 19.1. The van der Waals surface area contributed by atoms with E-state index in [0.717, 1.165) is 6.42 Å². The predicted molar refractivity (Wildman–Crippen MR) is 68.7 cm³/mol. The first-order valence-corrected chi connectivity index (χ1v) is 6.28. The van der Waals surface area contributed by atoms with Gasteiger partial charge in [-0.15, -0.1) is 0 Å². The molecule has 19 heavy (non-hydrogen) atoms. The molecule has 2 rings (SSSR count). The van der Waals surface area contributed by atoms with E-state index >= 15 is 0 Å². The number of rotatable bonds is 3. The van der Waals surface area contributed by atoms with Crippen LogP contribution in [0.3, 0.4) is 0 Å². The highest BCUT2D eigenvalue weighted by molar-refractivity contribution is 5.78. The number of benzene rings is 1. The summed E-state index contributed by atoms with van der Waals surface area (Å²) >= 11 is 0. The first kappa shape index (κ1) is 13.7. The van der Waals surface area contributed by atoms with Crippen molar-refractivity contribution in [3.8, 4) is 11.5 Å². The van der Waals surface area contributed by atoms with Gasteiger partial charge in [0.05, 0.1) is 13.2 Å². The number of hydrogen-bond donors (Lipinski definition) is 2. The molecule has 5 nitrogen and oxygen atoms in total. The molecule has 0 radical (unpaired) electrons. The van der Waals surface area contributed by atoms with E-state index in [0.29, 0.717) is 30.3 Å². The van der Waals surface area contributed by atoms with E-state index in [1.165, 1.54) is 6.92 Å². The molecule has 0 saturated heterocycles. The van der Waals surface area contributed by atoms with E-state index in [1.54, 1.807) is 25.1 Å². The van der Waals surface area contributed by atoms with Crippen molar-refractivity contribution in [3.05, 3.63) is 23.8 Å². The summed E-state index contributed by atoms with van der Waals surface area (Å²) in [6, 6.07) is 5.25. The lowest BCUT2D eigenvalue weighted by Crippen LogP contribution is -2.40. The standard InChI is InChI=1S/C14H18O5/c1-9(14(2,17)13(15)16)10-4-5-11-12(8-10)19-7-3-6-18-11/h4-5,8-9,17H,3,6-7H2,1-2H3,(H,15,16). The summed E-state index contributed by atoms with van der Waals surface area (Å²) < 4.78 is 11.1. The molecule has 0 fully saturated rings. The number of carbonyl (C=O) groups is 1. The fraction of sp³-hybridized carbons (Fsp3) is 0.500. The summed E-state index contributed by atoms with van der Waals surface area (Å²) in [5, 5.41) is 19.1. The topological polar surface area (TPSA) is 76.0 Å². The molecule has 2 atom stereocenters. The van der Waals surface area contributed by atoms with E-state index in [9.17, 15) is 9.90 Å². The van der Waals surface area contributed by atoms with Crippen LogP contribution in [0.5, 0.6) is 11.5 Å². The Bertz CT molecular complexity index is 481. The van der Waals surface area contributed by atoms with Gasteiger partial charge in [-0.05, 0) is 24.6 Å². The number of ether oxygens (including phenoxy) is 2. The van der Waals surface area contributed by atoms with E-state index in [-0.39, 0.29) is 0 Å². The maximum absolute atomic E-state index is 11.1. The van der Waals surface area contributed by atoms with Crippen LogP contribution in [0.2, 0.25) is 0 Å². The molecule has 5 heteroatoms. The molecule has 0 aromatic heterocycles. The summed E-state index contributed by atoms with van der Waals surface area (Å²) in [4.78, 5) is 11.1. The van der Waals surface area contributed by atoms with Crippen molar-refractivity contribution in [1.29, 1.82) is 0 Å². The average molecular weight is 266 g/mol.